The Hall–Kier alpha value is -1.97. The summed E-state index contributed by atoms with van der Waals surface area (Å²) in [6.45, 7) is 0. The average molecular weight is 347 g/mol. The van der Waals surface area contributed by atoms with Crippen LogP contribution in [0, 0.1) is 10.1 Å². The fraction of sp³-hybridized carbons (Fsp3) is 0.333. The maximum atomic E-state index is 11.0. The van der Waals surface area contributed by atoms with Crippen LogP contribution in [0.25, 0.3) is 10.9 Å². The minimum absolute atomic E-state index is 0.143. The average Bonchev–Trinajstić information content (AvgIpc) is 2.77. The summed E-state index contributed by atoms with van der Waals surface area (Å²) in [5, 5.41) is 21.5. The Bertz CT molecular complexity index is 716. The zero-order valence-corrected chi connectivity index (χ0v) is 13.3. The fourth-order valence-electron chi connectivity index (χ4n) is 2.04. The molecular weight excluding hydrogens is 329 g/mol. The number of aromatic nitrogens is 1. The molecular formula is C12H18N3O7P. The first-order chi connectivity index (χ1) is 10.5. The molecule has 1 heterocycles. The van der Waals surface area contributed by atoms with Crippen LogP contribution in [0.5, 0.6) is 5.75 Å². The van der Waals surface area contributed by atoms with Crippen molar-refractivity contribution in [3.63, 3.8) is 0 Å². The third-order valence-electron chi connectivity index (χ3n) is 3.01. The van der Waals surface area contributed by atoms with Gasteiger partial charge < -0.3 is 24.8 Å². The number of phosphoric acid groups is 1. The van der Waals surface area contributed by atoms with Gasteiger partial charge in [-0.25, -0.2) is 9.46 Å². The molecule has 0 saturated heterocycles. The molecule has 0 aliphatic carbocycles. The van der Waals surface area contributed by atoms with Gasteiger partial charge in [-0.05, 0) is 31.8 Å². The number of nitrogens with zero attached hydrogens (tertiary/aromatic N) is 2. The minimum Gasteiger partial charge on any atom is -0.507 e. The van der Waals surface area contributed by atoms with E-state index in [4.69, 9.17) is 19.2 Å². The third-order valence-corrected chi connectivity index (χ3v) is 3.01. The summed E-state index contributed by atoms with van der Waals surface area (Å²) in [6.07, 6.45) is 1.16. The Labute approximate surface area is 131 Å². The Morgan fingerprint density at radius 3 is 2.39 bits per heavy atom. The molecule has 0 aliphatic heterocycles. The first kappa shape index (κ1) is 19.1. The largest absolute Gasteiger partial charge is 0.507 e. The number of phenolic OH excluding ortho intramolecular Hbond substituents is 1. The van der Waals surface area contributed by atoms with Crippen LogP contribution in [0.4, 0.5) is 0 Å². The predicted octanol–water partition coefficient (Wildman–Crippen LogP) is 0.652. The zero-order valence-electron chi connectivity index (χ0n) is 12.4. The number of fused-ring (bicyclic) bond motifs is 1. The van der Waals surface area contributed by atoms with Crippen molar-refractivity contribution in [1.29, 1.82) is 0 Å². The summed E-state index contributed by atoms with van der Waals surface area (Å²) in [5.41, 5.74) is 1.53. The van der Waals surface area contributed by atoms with E-state index in [1.807, 2.05) is 6.07 Å². The molecule has 1 atom stereocenters. The molecule has 1 aromatic carbocycles. The van der Waals surface area contributed by atoms with E-state index in [1.165, 1.54) is 0 Å². The van der Waals surface area contributed by atoms with Crippen LogP contribution >= 0.6 is 7.82 Å². The first-order valence-electron chi connectivity index (χ1n) is 6.37. The summed E-state index contributed by atoms with van der Waals surface area (Å²) in [5.74, 6) is 0.143. The molecule has 0 spiro atoms. The van der Waals surface area contributed by atoms with Crippen molar-refractivity contribution in [3.05, 3.63) is 40.1 Å². The number of aromatic hydroxyl groups is 1. The van der Waals surface area contributed by atoms with Crippen molar-refractivity contribution in [3.8, 4) is 5.75 Å². The second-order valence-corrected chi connectivity index (χ2v) is 5.99. The molecule has 0 fully saturated rings. The van der Waals surface area contributed by atoms with Crippen molar-refractivity contribution in [2.24, 2.45) is 0 Å². The second-order valence-electron chi connectivity index (χ2n) is 4.96. The molecule has 10 nitrogen and oxygen atoms in total. The molecule has 128 valence electrons. The van der Waals surface area contributed by atoms with Gasteiger partial charge in [-0.1, -0.05) is 6.07 Å². The molecule has 0 aliphatic rings. The summed E-state index contributed by atoms with van der Waals surface area (Å²) >= 11 is 0. The van der Waals surface area contributed by atoms with E-state index < -0.39 is 14.0 Å². The monoisotopic (exact) mass is 347 g/mol. The van der Waals surface area contributed by atoms with Crippen molar-refractivity contribution in [2.45, 2.75) is 12.6 Å². The summed E-state index contributed by atoms with van der Waals surface area (Å²) in [4.78, 5) is 36.8. The summed E-state index contributed by atoms with van der Waals surface area (Å²) in [6, 6.07) is 5.14. The number of H-pyrrole nitrogens is 1. The van der Waals surface area contributed by atoms with Gasteiger partial charge in [0.05, 0.1) is 6.42 Å². The van der Waals surface area contributed by atoms with Gasteiger partial charge in [0.15, 0.2) is 0 Å². The Morgan fingerprint density at radius 2 is 1.91 bits per heavy atom. The molecule has 0 bridgehead atoms. The van der Waals surface area contributed by atoms with Crippen molar-refractivity contribution in [1.82, 2.24) is 9.88 Å². The highest BCUT2D eigenvalue weighted by atomic mass is 31.2. The molecule has 0 radical (unpaired) electrons. The van der Waals surface area contributed by atoms with Gasteiger partial charge in [0.2, 0.25) is 0 Å². The van der Waals surface area contributed by atoms with Gasteiger partial charge >= 0.3 is 7.82 Å². The van der Waals surface area contributed by atoms with Crippen molar-refractivity contribution < 1.29 is 29.3 Å². The van der Waals surface area contributed by atoms with E-state index in [9.17, 15) is 15.2 Å². The van der Waals surface area contributed by atoms with Crippen LogP contribution in [0.15, 0.2) is 24.4 Å². The van der Waals surface area contributed by atoms with Gasteiger partial charge in [0.1, 0.15) is 5.75 Å². The van der Waals surface area contributed by atoms with E-state index in [0.717, 1.165) is 11.1 Å². The van der Waals surface area contributed by atoms with E-state index >= 15 is 0 Å². The highest BCUT2D eigenvalue weighted by molar-refractivity contribution is 7.45. The smallest absolute Gasteiger partial charge is 0.466 e. The van der Waals surface area contributed by atoms with E-state index in [0.29, 0.717) is 5.39 Å². The Balaban J connectivity index is 0.000000463. The molecule has 23 heavy (non-hydrogen) atoms. The number of phenols is 1. The van der Waals surface area contributed by atoms with Crippen LogP contribution in [-0.2, 0) is 11.0 Å². The van der Waals surface area contributed by atoms with Crippen LogP contribution in [0.1, 0.15) is 5.56 Å². The molecule has 5 N–H and O–H groups in total. The Kier molecular flexibility index (Phi) is 6.25. The normalized spacial score (nSPS) is 12.8. The highest BCUT2D eigenvalue weighted by Crippen LogP contribution is 2.28. The van der Waals surface area contributed by atoms with Crippen LogP contribution in [0.2, 0.25) is 0 Å². The quantitative estimate of drug-likeness (QED) is 0.233. The predicted molar refractivity (Wildman–Crippen MR) is 82.4 cm³/mol. The van der Waals surface area contributed by atoms with Crippen LogP contribution in [-0.4, -0.2) is 54.9 Å². The lowest BCUT2D eigenvalue weighted by Gasteiger charge is -2.15. The highest BCUT2D eigenvalue weighted by Gasteiger charge is 2.25. The molecule has 1 unspecified atom stereocenters. The molecule has 2 aromatic rings. The van der Waals surface area contributed by atoms with Gasteiger partial charge in [0, 0.05) is 22.0 Å². The number of rotatable bonds is 4. The second kappa shape index (κ2) is 7.53. The number of hydrogen-bond donors (Lipinski definition) is 5. The lowest BCUT2D eigenvalue weighted by atomic mass is 10.1. The lowest BCUT2D eigenvalue weighted by Crippen LogP contribution is -2.37. The number of likely N-dealkylation sites (N-methyl/N-ethyl adjacent to an activating group) is 1. The van der Waals surface area contributed by atoms with Gasteiger partial charge in [0.25, 0.3) is 6.17 Å². The van der Waals surface area contributed by atoms with Gasteiger partial charge in [-0.2, -0.15) is 0 Å². The number of aromatic amines is 1. The van der Waals surface area contributed by atoms with Crippen molar-refractivity contribution >= 4 is 18.7 Å². The molecule has 0 amide bonds. The van der Waals surface area contributed by atoms with Gasteiger partial charge in [-0.3, -0.25) is 10.1 Å². The van der Waals surface area contributed by atoms with E-state index in [1.54, 1.807) is 37.3 Å². The maximum absolute atomic E-state index is 11.0. The maximum Gasteiger partial charge on any atom is 0.466 e. The SMILES string of the molecule is CN(C)C(Cc1c[nH]c2cccc(O)c12)[N+](=O)[O-].O=P(O)(O)O. The van der Waals surface area contributed by atoms with Gasteiger partial charge in [-0.15, -0.1) is 0 Å². The summed E-state index contributed by atoms with van der Waals surface area (Å²) in [7, 11) is -1.30. The topological polar surface area (TPSA) is 160 Å². The van der Waals surface area contributed by atoms with E-state index in [-0.39, 0.29) is 17.1 Å². The molecule has 11 heteroatoms. The van der Waals surface area contributed by atoms with E-state index in [2.05, 4.69) is 4.98 Å². The molecule has 1 aromatic heterocycles. The number of nitrogens with one attached hydrogen (secondary N) is 1. The number of benzene rings is 1. The lowest BCUT2D eigenvalue weighted by molar-refractivity contribution is -0.547. The van der Waals surface area contributed by atoms with Crippen LogP contribution in [0.3, 0.4) is 0 Å². The third kappa shape index (κ3) is 5.97. The summed E-state index contributed by atoms with van der Waals surface area (Å²) < 4.78 is 8.88. The van der Waals surface area contributed by atoms with Crippen LogP contribution < -0.4 is 0 Å². The van der Waals surface area contributed by atoms with Crippen molar-refractivity contribution in [2.75, 3.05) is 14.1 Å². The fourth-order valence-corrected chi connectivity index (χ4v) is 2.04. The Morgan fingerprint density at radius 1 is 1.35 bits per heavy atom. The first-order valence-corrected chi connectivity index (χ1v) is 7.93. The molecule has 0 saturated carbocycles. The molecule has 2 rings (SSSR count). The zero-order chi connectivity index (χ0) is 17.8. The minimum atomic E-state index is -4.64. The standard InChI is InChI=1S/C12H15N3O3.H3O4P/c1-14(2)11(15(17)18)6-8-7-13-9-4-3-5-10(16)12(8)9;1-5(2,3)4/h3-5,7,11,13,16H,6H2,1-2H3;(H3,1,2,3,4). The number of hydrogen-bond acceptors (Lipinski definition) is 5. The number of nitro groups is 1.